The number of nitrogens with two attached hydrogens (primary N) is 1. The number of carbonyl (C=O) groups is 1. The quantitative estimate of drug-likeness (QED) is 0.726. The molecule has 0 bridgehead atoms. The van der Waals surface area contributed by atoms with Crippen molar-refractivity contribution >= 4 is 5.91 Å². The molecule has 2 rings (SSSR count). The SMILES string of the molecule is CCC(NC(=O)C1CCCCCC1N)c1ncc[nH]1. The van der Waals surface area contributed by atoms with Crippen LogP contribution in [0.2, 0.25) is 0 Å². The van der Waals surface area contributed by atoms with Gasteiger partial charge in [0.1, 0.15) is 5.82 Å². The predicted molar refractivity (Wildman–Crippen MR) is 74.3 cm³/mol. The second-order valence-electron chi connectivity index (χ2n) is 5.35. The molecule has 0 radical (unpaired) electrons. The molecule has 4 N–H and O–H groups in total. The van der Waals surface area contributed by atoms with Crippen LogP contribution in [-0.4, -0.2) is 21.9 Å². The average molecular weight is 264 g/mol. The van der Waals surface area contributed by atoms with Crippen molar-refractivity contribution in [3.05, 3.63) is 18.2 Å². The molecule has 3 atom stereocenters. The molecule has 1 aliphatic rings. The second-order valence-corrected chi connectivity index (χ2v) is 5.35. The van der Waals surface area contributed by atoms with Crippen LogP contribution in [0.3, 0.4) is 0 Å². The van der Waals surface area contributed by atoms with Gasteiger partial charge in [-0.2, -0.15) is 0 Å². The molecule has 0 aliphatic heterocycles. The summed E-state index contributed by atoms with van der Waals surface area (Å²) in [4.78, 5) is 19.7. The Labute approximate surface area is 114 Å². The molecule has 3 unspecified atom stereocenters. The van der Waals surface area contributed by atoms with Crippen LogP contribution < -0.4 is 11.1 Å². The standard InChI is InChI=1S/C14H24N4O/c1-2-12(13-16-8-9-17-13)18-14(19)10-6-4-3-5-7-11(10)15/h8-12H,2-7,15H2,1H3,(H,16,17)(H,18,19). The number of amides is 1. The molecule has 1 aliphatic carbocycles. The van der Waals surface area contributed by atoms with Crippen molar-refractivity contribution in [1.82, 2.24) is 15.3 Å². The molecule has 1 heterocycles. The summed E-state index contributed by atoms with van der Waals surface area (Å²) >= 11 is 0. The van der Waals surface area contributed by atoms with Gasteiger partial charge in [-0.3, -0.25) is 4.79 Å². The van der Waals surface area contributed by atoms with E-state index in [0.717, 1.165) is 37.9 Å². The zero-order chi connectivity index (χ0) is 13.7. The highest BCUT2D eigenvalue weighted by Gasteiger charge is 2.28. The Kier molecular flexibility index (Phi) is 4.96. The van der Waals surface area contributed by atoms with Crippen LogP contribution in [0.1, 0.15) is 57.3 Å². The average Bonchev–Trinajstić information content (AvgIpc) is 2.85. The molecule has 5 heteroatoms. The molecule has 0 spiro atoms. The van der Waals surface area contributed by atoms with Gasteiger partial charge in [0.05, 0.1) is 12.0 Å². The zero-order valence-corrected chi connectivity index (χ0v) is 11.6. The highest BCUT2D eigenvalue weighted by atomic mass is 16.2. The van der Waals surface area contributed by atoms with E-state index < -0.39 is 0 Å². The number of rotatable bonds is 4. The highest BCUT2D eigenvalue weighted by molar-refractivity contribution is 5.79. The van der Waals surface area contributed by atoms with Crippen LogP contribution in [0.15, 0.2) is 12.4 Å². The van der Waals surface area contributed by atoms with Crippen LogP contribution in [0.25, 0.3) is 0 Å². The van der Waals surface area contributed by atoms with Crippen LogP contribution in [0.5, 0.6) is 0 Å². The fourth-order valence-electron chi connectivity index (χ4n) is 2.77. The van der Waals surface area contributed by atoms with Gasteiger partial charge >= 0.3 is 0 Å². The van der Waals surface area contributed by atoms with Gasteiger partial charge in [-0.05, 0) is 19.3 Å². The number of nitrogens with zero attached hydrogens (tertiary/aromatic N) is 1. The molecular formula is C14H24N4O. The second kappa shape index (κ2) is 6.70. The van der Waals surface area contributed by atoms with Gasteiger partial charge in [0.25, 0.3) is 0 Å². The highest BCUT2D eigenvalue weighted by Crippen LogP contribution is 2.23. The van der Waals surface area contributed by atoms with Crippen molar-refractivity contribution in [2.75, 3.05) is 0 Å². The van der Waals surface area contributed by atoms with Crippen molar-refractivity contribution in [2.45, 2.75) is 57.5 Å². The maximum absolute atomic E-state index is 12.4. The number of nitrogens with one attached hydrogen (secondary N) is 2. The lowest BCUT2D eigenvalue weighted by atomic mass is 9.94. The molecule has 1 amide bonds. The number of carbonyl (C=O) groups excluding carboxylic acids is 1. The van der Waals surface area contributed by atoms with Gasteiger partial charge < -0.3 is 16.0 Å². The van der Waals surface area contributed by atoms with E-state index in [2.05, 4.69) is 15.3 Å². The molecular weight excluding hydrogens is 240 g/mol. The molecule has 5 nitrogen and oxygen atoms in total. The monoisotopic (exact) mass is 264 g/mol. The normalized spacial score (nSPS) is 25.6. The third-order valence-electron chi connectivity index (χ3n) is 3.98. The number of aromatic amines is 1. The van der Waals surface area contributed by atoms with E-state index in [-0.39, 0.29) is 23.9 Å². The van der Waals surface area contributed by atoms with E-state index in [1.165, 1.54) is 6.42 Å². The lowest BCUT2D eigenvalue weighted by Gasteiger charge is -2.23. The summed E-state index contributed by atoms with van der Waals surface area (Å²) in [6, 6.07) is -0.0467. The Morgan fingerprint density at radius 3 is 3.00 bits per heavy atom. The van der Waals surface area contributed by atoms with Crippen molar-refractivity contribution in [2.24, 2.45) is 11.7 Å². The fourth-order valence-corrected chi connectivity index (χ4v) is 2.77. The first-order valence-corrected chi connectivity index (χ1v) is 7.27. The molecule has 106 valence electrons. The molecule has 0 aromatic carbocycles. The Hall–Kier alpha value is -1.36. The Bertz CT molecular complexity index is 390. The minimum atomic E-state index is -0.0495. The molecule has 1 aromatic rings. The largest absolute Gasteiger partial charge is 0.347 e. The lowest BCUT2D eigenvalue weighted by Crippen LogP contribution is -2.42. The molecule has 1 aromatic heterocycles. The smallest absolute Gasteiger partial charge is 0.225 e. The number of hydrogen-bond donors (Lipinski definition) is 3. The molecule has 0 saturated heterocycles. The number of H-pyrrole nitrogens is 1. The predicted octanol–water partition coefficient (Wildman–Crippen LogP) is 1.88. The maximum Gasteiger partial charge on any atom is 0.225 e. The summed E-state index contributed by atoms with van der Waals surface area (Å²) < 4.78 is 0. The number of aromatic nitrogens is 2. The first kappa shape index (κ1) is 14.1. The minimum absolute atomic E-state index is 0.00314. The van der Waals surface area contributed by atoms with Gasteiger partial charge in [0, 0.05) is 18.4 Å². The third-order valence-corrected chi connectivity index (χ3v) is 3.98. The number of hydrogen-bond acceptors (Lipinski definition) is 3. The van der Waals surface area contributed by atoms with E-state index in [1.807, 2.05) is 6.92 Å². The summed E-state index contributed by atoms with van der Waals surface area (Å²) in [5.41, 5.74) is 6.13. The van der Waals surface area contributed by atoms with E-state index in [9.17, 15) is 4.79 Å². The van der Waals surface area contributed by atoms with Crippen LogP contribution >= 0.6 is 0 Å². The third kappa shape index (κ3) is 3.56. The van der Waals surface area contributed by atoms with E-state index >= 15 is 0 Å². The van der Waals surface area contributed by atoms with Gasteiger partial charge in [0.2, 0.25) is 5.91 Å². The van der Waals surface area contributed by atoms with Gasteiger partial charge in [-0.1, -0.05) is 26.2 Å². The van der Waals surface area contributed by atoms with Crippen molar-refractivity contribution in [3.8, 4) is 0 Å². The molecule has 1 fully saturated rings. The summed E-state index contributed by atoms with van der Waals surface area (Å²) in [6.07, 6.45) is 9.60. The van der Waals surface area contributed by atoms with Crippen LogP contribution in [-0.2, 0) is 4.79 Å². The van der Waals surface area contributed by atoms with E-state index in [0.29, 0.717) is 0 Å². The lowest BCUT2D eigenvalue weighted by molar-refractivity contribution is -0.126. The van der Waals surface area contributed by atoms with Crippen molar-refractivity contribution < 1.29 is 4.79 Å². The molecule has 19 heavy (non-hydrogen) atoms. The van der Waals surface area contributed by atoms with Crippen LogP contribution in [0.4, 0.5) is 0 Å². The zero-order valence-electron chi connectivity index (χ0n) is 11.6. The summed E-state index contributed by atoms with van der Waals surface area (Å²) in [5, 5.41) is 3.08. The topological polar surface area (TPSA) is 83.8 Å². The Balaban J connectivity index is 1.98. The van der Waals surface area contributed by atoms with Gasteiger partial charge in [0.15, 0.2) is 0 Å². The summed E-state index contributed by atoms with van der Waals surface area (Å²) in [7, 11) is 0. The maximum atomic E-state index is 12.4. The van der Waals surface area contributed by atoms with Crippen molar-refractivity contribution in [3.63, 3.8) is 0 Å². The minimum Gasteiger partial charge on any atom is -0.347 e. The fraction of sp³-hybridized carbons (Fsp3) is 0.714. The molecule has 1 saturated carbocycles. The Morgan fingerprint density at radius 1 is 1.53 bits per heavy atom. The Morgan fingerprint density at radius 2 is 2.32 bits per heavy atom. The van der Waals surface area contributed by atoms with Gasteiger partial charge in [-0.25, -0.2) is 4.98 Å². The first-order valence-electron chi connectivity index (χ1n) is 7.27. The number of imidazole rings is 1. The van der Waals surface area contributed by atoms with Crippen molar-refractivity contribution in [1.29, 1.82) is 0 Å². The summed E-state index contributed by atoms with van der Waals surface area (Å²) in [5.74, 6) is 0.849. The van der Waals surface area contributed by atoms with E-state index in [1.54, 1.807) is 12.4 Å². The first-order chi connectivity index (χ1) is 9.22. The summed E-state index contributed by atoms with van der Waals surface area (Å²) in [6.45, 7) is 2.04. The van der Waals surface area contributed by atoms with E-state index in [4.69, 9.17) is 5.73 Å². The van der Waals surface area contributed by atoms with Gasteiger partial charge in [-0.15, -0.1) is 0 Å². The van der Waals surface area contributed by atoms with Crippen LogP contribution in [0, 0.1) is 5.92 Å².